The Labute approximate surface area is 122 Å². The Bertz CT molecular complexity index is 410. The Hall–Kier alpha value is -0.960. The maximum Gasteiger partial charge on any atom is 0.311 e. The minimum atomic E-state index is -1.07. The van der Waals surface area contributed by atoms with Crippen LogP contribution in [0.15, 0.2) is 24.3 Å². The molecule has 1 N–H and O–H groups in total. The van der Waals surface area contributed by atoms with Crippen LogP contribution in [-0.2, 0) is 13.8 Å². The first-order chi connectivity index (χ1) is 9.51. The number of carboxylic acids is 1. The first-order valence-corrected chi connectivity index (χ1v) is 8.07. The predicted molar refractivity (Wildman–Crippen MR) is 81.5 cm³/mol. The topological polar surface area (TPSA) is 55.8 Å². The molecule has 0 aliphatic rings. The van der Waals surface area contributed by atoms with Crippen LogP contribution in [0.3, 0.4) is 0 Å². The average molecular weight is 298 g/mol. The van der Waals surface area contributed by atoms with Crippen LogP contribution in [0.25, 0.3) is 0 Å². The van der Waals surface area contributed by atoms with Crippen LogP contribution in [0.1, 0.15) is 39.2 Å². The monoisotopic (exact) mass is 298 g/mol. The lowest BCUT2D eigenvalue weighted by atomic mass is 9.89. The summed E-state index contributed by atoms with van der Waals surface area (Å²) in [6, 6.07) is 7.54. The zero-order chi connectivity index (χ0) is 15.1. The van der Waals surface area contributed by atoms with Gasteiger partial charge in [0.05, 0.1) is 19.1 Å². The molecular formula is C15H23O4P. The molecule has 0 spiro atoms. The second-order valence-electron chi connectivity index (χ2n) is 4.74. The van der Waals surface area contributed by atoms with Crippen molar-refractivity contribution >= 4 is 19.6 Å². The Balaban J connectivity index is 2.93. The van der Waals surface area contributed by atoms with Crippen molar-refractivity contribution < 1.29 is 18.9 Å². The van der Waals surface area contributed by atoms with Crippen LogP contribution >= 0.6 is 8.38 Å². The lowest BCUT2D eigenvalue weighted by molar-refractivity contribution is -0.139. The van der Waals surface area contributed by atoms with Crippen molar-refractivity contribution in [2.24, 2.45) is 5.92 Å². The van der Waals surface area contributed by atoms with Crippen LogP contribution in [0.2, 0.25) is 0 Å². The van der Waals surface area contributed by atoms with Crippen molar-refractivity contribution in [3.05, 3.63) is 29.8 Å². The van der Waals surface area contributed by atoms with Crippen LogP contribution < -0.4 is 5.30 Å². The third kappa shape index (κ3) is 4.55. The van der Waals surface area contributed by atoms with Gasteiger partial charge in [0.25, 0.3) is 0 Å². The molecular weight excluding hydrogens is 275 g/mol. The summed E-state index contributed by atoms with van der Waals surface area (Å²) in [6.45, 7) is 8.89. The molecule has 1 atom stereocenters. The fourth-order valence-electron chi connectivity index (χ4n) is 2.04. The highest BCUT2D eigenvalue weighted by Crippen LogP contribution is 2.37. The second-order valence-corrected chi connectivity index (χ2v) is 6.29. The minimum Gasteiger partial charge on any atom is -0.481 e. The third-order valence-electron chi connectivity index (χ3n) is 2.89. The maximum atomic E-state index is 11.3. The van der Waals surface area contributed by atoms with E-state index in [4.69, 9.17) is 9.05 Å². The summed E-state index contributed by atoms with van der Waals surface area (Å²) in [4.78, 5) is 11.3. The molecule has 20 heavy (non-hydrogen) atoms. The second kappa shape index (κ2) is 8.35. The van der Waals surface area contributed by atoms with Crippen molar-refractivity contribution in [3.63, 3.8) is 0 Å². The number of benzene rings is 1. The van der Waals surface area contributed by atoms with Gasteiger partial charge in [-0.15, -0.1) is 0 Å². The fraction of sp³-hybridized carbons (Fsp3) is 0.533. The van der Waals surface area contributed by atoms with E-state index in [1.54, 1.807) is 0 Å². The van der Waals surface area contributed by atoms with E-state index in [9.17, 15) is 9.90 Å². The molecule has 5 heteroatoms. The van der Waals surface area contributed by atoms with Gasteiger partial charge in [0.1, 0.15) is 0 Å². The zero-order valence-electron chi connectivity index (χ0n) is 12.5. The van der Waals surface area contributed by atoms with E-state index in [-0.39, 0.29) is 5.92 Å². The highest BCUT2D eigenvalue weighted by Gasteiger charge is 2.24. The van der Waals surface area contributed by atoms with Crippen LogP contribution in [0.4, 0.5) is 0 Å². The molecule has 0 saturated carbocycles. The molecule has 4 nitrogen and oxygen atoms in total. The normalized spacial score (nSPS) is 12.9. The smallest absolute Gasteiger partial charge is 0.311 e. The molecule has 0 amide bonds. The largest absolute Gasteiger partial charge is 0.481 e. The molecule has 0 heterocycles. The van der Waals surface area contributed by atoms with Gasteiger partial charge in [0.15, 0.2) is 0 Å². The molecule has 112 valence electrons. The Morgan fingerprint density at radius 1 is 1.15 bits per heavy atom. The highest BCUT2D eigenvalue weighted by molar-refractivity contribution is 7.56. The number of hydrogen-bond acceptors (Lipinski definition) is 3. The van der Waals surface area contributed by atoms with E-state index in [1.165, 1.54) is 0 Å². The molecule has 0 aromatic heterocycles. The first-order valence-electron chi connectivity index (χ1n) is 6.89. The molecule has 1 aromatic rings. The average Bonchev–Trinajstić information content (AvgIpc) is 2.38. The summed E-state index contributed by atoms with van der Waals surface area (Å²) < 4.78 is 11.2. The molecule has 0 fully saturated rings. The molecule has 0 aliphatic heterocycles. The van der Waals surface area contributed by atoms with Gasteiger partial charge in [-0.1, -0.05) is 26.0 Å². The fourth-order valence-corrected chi connectivity index (χ4v) is 3.27. The summed E-state index contributed by atoms with van der Waals surface area (Å²) in [5.74, 6) is -1.21. The van der Waals surface area contributed by atoms with E-state index in [1.807, 2.05) is 52.0 Å². The summed E-state index contributed by atoms with van der Waals surface area (Å²) in [5, 5.41) is 10.3. The lowest BCUT2D eigenvalue weighted by Gasteiger charge is -2.19. The van der Waals surface area contributed by atoms with Crippen molar-refractivity contribution in [2.45, 2.75) is 33.6 Å². The van der Waals surface area contributed by atoms with Gasteiger partial charge in [-0.3, -0.25) is 4.79 Å². The summed E-state index contributed by atoms with van der Waals surface area (Å²) in [5.41, 5.74) is 0.819. The molecule has 1 rings (SSSR count). The van der Waals surface area contributed by atoms with Gasteiger partial charge in [0, 0.05) is 5.30 Å². The number of carbonyl (C=O) groups is 1. The van der Waals surface area contributed by atoms with E-state index in [0.717, 1.165) is 10.9 Å². The van der Waals surface area contributed by atoms with Gasteiger partial charge in [0.2, 0.25) is 8.38 Å². The van der Waals surface area contributed by atoms with Gasteiger partial charge in [-0.2, -0.15) is 0 Å². The summed E-state index contributed by atoms with van der Waals surface area (Å²) in [7, 11) is -1.07. The van der Waals surface area contributed by atoms with Crippen LogP contribution in [0.5, 0.6) is 0 Å². The maximum absolute atomic E-state index is 11.3. The van der Waals surface area contributed by atoms with Gasteiger partial charge in [-0.05, 0) is 37.5 Å². The highest BCUT2D eigenvalue weighted by atomic mass is 31.2. The predicted octanol–water partition coefficient (Wildman–Crippen LogP) is 3.52. The number of aliphatic carboxylic acids is 1. The van der Waals surface area contributed by atoms with Crippen LogP contribution in [-0.4, -0.2) is 24.3 Å². The number of carboxylic acid groups (broad SMARTS) is 1. The standard InChI is InChI=1S/C15H23O4P/c1-5-18-20(19-6-2)13-9-7-12(8-10-13)14(11(3)4)15(16)17/h7-11,14H,5-6H2,1-4H3,(H,16,17). The van der Waals surface area contributed by atoms with E-state index < -0.39 is 20.3 Å². The molecule has 0 bridgehead atoms. The third-order valence-corrected chi connectivity index (χ3v) is 4.59. The van der Waals surface area contributed by atoms with Crippen LogP contribution in [0, 0.1) is 5.92 Å². The van der Waals surface area contributed by atoms with Gasteiger partial charge < -0.3 is 14.2 Å². The van der Waals surface area contributed by atoms with Gasteiger partial charge >= 0.3 is 5.97 Å². The first kappa shape index (κ1) is 17.1. The summed E-state index contributed by atoms with van der Waals surface area (Å²) in [6.07, 6.45) is 0. The molecule has 1 unspecified atom stereocenters. The summed E-state index contributed by atoms with van der Waals surface area (Å²) >= 11 is 0. The molecule has 0 saturated heterocycles. The van der Waals surface area contributed by atoms with E-state index in [2.05, 4.69) is 0 Å². The van der Waals surface area contributed by atoms with E-state index >= 15 is 0 Å². The van der Waals surface area contributed by atoms with Crippen molar-refractivity contribution in [3.8, 4) is 0 Å². The molecule has 0 radical (unpaired) electrons. The Morgan fingerprint density at radius 2 is 1.65 bits per heavy atom. The Morgan fingerprint density at radius 3 is 2.00 bits per heavy atom. The molecule has 0 aliphatic carbocycles. The number of hydrogen-bond donors (Lipinski definition) is 1. The van der Waals surface area contributed by atoms with Crippen molar-refractivity contribution in [1.82, 2.24) is 0 Å². The number of rotatable bonds is 8. The van der Waals surface area contributed by atoms with Crippen molar-refractivity contribution in [1.29, 1.82) is 0 Å². The lowest BCUT2D eigenvalue weighted by Crippen LogP contribution is -2.18. The SMILES string of the molecule is CCOP(OCC)c1ccc(C(C(=O)O)C(C)C)cc1. The van der Waals surface area contributed by atoms with E-state index in [0.29, 0.717) is 13.2 Å². The molecule has 1 aromatic carbocycles. The minimum absolute atomic E-state index is 0.0543. The Kier molecular flexibility index (Phi) is 7.14. The van der Waals surface area contributed by atoms with Gasteiger partial charge in [-0.25, -0.2) is 0 Å². The van der Waals surface area contributed by atoms with Crippen molar-refractivity contribution in [2.75, 3.05) is 13.2 Å². The quantitative estimate of drug-likeness (QED) is 0.746. The zero-order valence-corrected chi connectivity index (χ0v) is 13.4.